The summed E-state index contributed by atoms with van der Waals surface area (Å²) in [5, 5.41) is 6.50. The van der Waals surface area contributed by atoms with E-state index in [0.29, 0.717) is 5.69 Å². The van der Waals surface area contributed by atoms with Crippen LogP contribution in [0.5, 0.6) is 5.75 Å². The van der Waals surface area contributed by atoms with Crippen molar-refractivity contribution in [3.63, 3.8) is 0 Å². The fourth-order valence-electron chi connectivity index (χ4n) is 0.753. The summed E-state index contributed by atoms with van der Waals surface area (Å²) in [4.78, 5) is 0. The summed E-state index contributed by atoms with van der Waals surface area (Å²) in [5.41, 5.74) is 2.79. The maximum absolute atomic E-state index is 11.7. The highest BCUT2D eigenvalue weighted by molar-refractivity contribution is 5.45. The minimum Gasteiger partial charge on any atom is -0.406 e. The van der Waals surface area contributed by atoms with Crippen LogP contribution in [-0.2, 0) is 0 Å². The van der Waals surface area contributed by atoms with Gasteiger partial charge in [-0.05, 0) is 24.3 Å². The number of halogens is 3. The lowest BCUT2D eigenvalue weighted by atomic mass is 10.3. The Bertz CT molecular complexity index is 307. The second-order valence-electron chi connectivity index (χ2n) is 2.22. The number of benzene rings is 1. The van der Waals surface area contributed by atoms with Crippen LogP contribution in [0, 0.1) is 11.8 Å². The van der Waals surface area contributed by atoms with Crippen molar-refractivity contribution in [2.24, 2.45) is 5.84 Å². The maximum atomic E-state index is 11.7. The molecule has 3 N–H and O–H groups in total. The first-order chi connectivity index (χ1) is 7.01. The fraction of sp³-hybridized carbons (Fsp3) is 0.125. The highest BCUT2D eigenvalue weighted by atomic mass is 19.4. The zero-order valence-electron chi connectivity index (χ0n) is 7.45. The van der Waals surface area contributed by atoms with E-state index in [1.165, 1.54) is 24.3 Å². The van der Waals surface area contributed by atoms with E-state index in [1.54, 1.807) is 0 Å². The van der Waals surface area contributed by atoms with Crippen LogP contribution in [0.1, 0.15) is 0 Å². The van der Waals surface area contributed by atoms with E-state index in [0.717, 1.165) is 0 Å². The Hall–Kier alpha value is -1.94. The number of nitrogens with two attached hydrogens (primary N) is 1. The lowest BCUT2D eigenvalue weighted by molar-refractivity contribution is -0.274. The minimum absolute atomic E-state index is 0.272. The van der Waals surface area contributed by atoms with Crippen LogP contribution < -0.4 is 16.0 Å². The van der Waals surface area contributed by atoms with Crippen LogP contribution in [0.2, 0.25) is 0 Å². The Morgan fingerprint density at radius 1 is 1.20 bits per heavy atom. The number of nitriles is 1. The molecule has 4 nitrogen and oxygen atoms in total. The normalized spacial score (nSPS) is 9.73. The third-order valence-corrected chi connectivity index (χ3v) is 1.25. The van der Waals surface area contributed by atoms with Crippen LogP contribution in [-0.4, -0.2) is 6.36 Å². The lowest BCUT2D eigenvalue weighted by Gasteiger charge is -2.08. The van der Waals surface area contributed by atoms with E-state index in [1.807, 2.05) is 0 Å². The predicted octanol–water partition coefficient (Wildman–Crippen LogP) is 2.01. The van der Waals surface area contributed by atoms with Crippen LogP contribution in [0.3, 0.4) is 0 Å². The number of hydrogen-bond donors (Lipinski definition) is 2. The zero-order valence-corrected chi connectivity index (χ0v) is 7.45. The van der Waals surface area contributed by atoms with Crippen molar-refractivity contribution >= 4 is 5.69 Å². The number of hydrogen-bond acceptors (Lipinski definition) is 4. The highest BCUT2D eigenvalue weighted by Crippen LogP contribution is 2.23. The molecule has 0 heterocycles. The Labute approximate surface area is 84.0 Å². The van der Waals surface area contributed by atoms with Crippen LogP contribution >= 0.6 is 0 Å². The molecule has 0 fully saturated rings. The smallest absolute Gasteiger partial charge is 0.406 e. The quantitative estimate of drug-likeness (QED) is 0.589. The average molecular weight is 219 g/mol. The molecule has 0 saturated heterocycles. The van der Waals surface area contributed by atoms with E-state index in [-0.39, 0.29) is 5.75 Å². The van der Waals surface area contributed by atoms with Crippen molar-refractivity contribution in [3.05, 3.63) is 24.3 Å². The van der Waals surface area contributed by atoms with Crippen molar-refractivity contribution in [3.8, 4) is 12.3 Å². The molecule has 1 rings (SSSR count). The van der Waals surface area contributed by atoms with Crippen LogP contribution in [0.4, 0.5) is 18.9 Å². The Balaban J connectivity index is 0.000000921. The largest absolute Gasteiger partial charge is 0.573 e. The number of anilines is 1. The molecule has 0 unspecified atom stereocenters. The van der Waals surface area contributed by atoms with E-state index in [4.69, 9.17) is 11.1 Å². The van der Waals surface area contributed by atoms with Gasteiger partial charge in [-0.1, -0.05) is 0 Å². The fourth-order valence-corrected chi connectivity index (χ4v) is 0.753. The molecular weight excluding hydrogens is 211 g/mol. The summed E-state index contributed by atoms with van der Waals surface area (Å²) in [6.07, 6.45) is -4.66. The van der Waals surface area contributed by atoms with Gasteiger partial charge < -0.3 is 10.2 Å². The first kappa shape index (κ1) is 13.1. The summed E-state index contributed by atoms with van der Waals surface area (Å²) < 4.78 is 38.6. The van der Waals surface area contributed by atoms with E-state index < -0.39 is 6.36 Å². The van der Waals surface area contributed by atoms with Crippen molar-refractivity contribution in [2.45, 2.75) is 6.36 Å². The standard InChI is InChI=1S/C7H7F3N2O.CHN/c8-7(9,10)13-6-3-1-5(12-11)2-4-6;1-2/h1-4,12H,11H2;1H. The molecular formula is C8H8F3N3O. The lowest BCUT2D eigenvalue weighted by Crippen LogP contribution is -2.17. The first-order valence-electron chi connectivity index (χ1n) is 3.59. The second kappa shape index (κ2) is 5.72. The monoisotopic (exact) mass is 219 g/mol. The number of rotatable bonds is 2. The Kier molecular flexibility index (Phi) is 4.98. The number of alkyl halides is 3. The van der Waals surface area contributed by atoms with Gasteiger partial charge in [0.2, 0.25) is 0 Å². The number of hydrazine groups is 1. The topological polar surface area (TPSA) is 71.1 Å². The molecule has 1 aromatic carbocycles. The Morgan fingerprint density at radius 2 is 1.67 bits per heavy atom. The number of ether oxygens (including phenoxy) is 1. The van der Waals surface area contributed by atoms with Gasteiger partial charge in [-0.15, -0.1) is 13.2 Å². The van der Waals surface area contributed by atoms with Gasteiger partial charge in [0.1, 0.15) is 5.75 Å². The summed E-state index contributed by atoms with van der Waals surface area (Å²) in [6, 6.07) is 5.09. The van der Waals surface area contributed by atoms with Gasteiger partial charge in [-0.3, -0.25) is 5.84 Å². The number of nitrogens with zero attached hydrogens (tertiary/aromatic N) is 1. The van der Waals surface area contributed by atoms with Gasteiger partial charge >= 0.3 is 6.36 Å². The van der Waals surface area contributed by atoms with Gasteiger partial charge in [0, 0.05) is 12.3 Å². The zero-order chi connectivity index (χ0) is 11.9. The average Bonchev–Trinajstić information content (AvgIpc) is 2.20. The molecule has 82 valence electrons. The summed E-state index contributed by atoms with van der Waals surface area (Å²) in [6.45, 7) is 3.50. The summed E-state index contributed by atoms with van der Waals surface area (Å²) >= 11 is 0. The molecule has 0 aromatic heterocycles. The van der Waals surface area contributed by atoms with Crippen LogP contribution in [0.15, 0.2) is 24.3 Å². The van der Waals surface area contributed by atoms with E-state index in [9.17, 15) is 13.2 Å². The molecule has 0 spiro atoms. The predicted molar refractivity (Wildman–Crippen MR) is 47.6 cm³/mol. The molecule has 0 atom stereocenters. The van der Waals surface area contributed by atoms with E-state index >= 15 is 0 Å². The third kappa shape index (κ3) is 5.38. The molecule has 0 aliphatic carbocycles. The van der Waals surface area contributed by atoms with Crippen molar-refractivity contribution < 1.29 is 17.9 Å². The number of nitrogen functional groups attached to an aromatic ring is 1. The van der Waals surface area contributed by atoms with Crippen LogP contribution in [0.25, 0.3) is 0 Å². The molecule has 15 heavy (non-hydrogen) atoms. The van der Waals surface area contributed by atoms with Gasteiger partial charge in [-0.2, -0.15) is 0 Å². The SMILES string of the molecule is C#N.NNc1ccc(OC(F)(F)F)cc1. The molecule has 0 bridgehead atoms. The summed E-state index contributed by atoms with van der Waals surface area (Å²) in [5.74, 6) is 4.74. The molecule has 0 radical (unpaired) electrons. The minimum atomic E-state index is -4.66. The van der Waals surface area contributed by atoms with Crippen molar-refractivity contribution in [1.29, 1.82) is 5.26 Å². The first-order valence-corrected chi connectivity index (χ1v) is 3.59. The second-order valence-corrected chi connectivity index (χ2v) is 2.22. The van der Waals surface area contributed by atoms with Crippen molar-refractivity contribution in [1.82, 2.24) is 0 Å². The maximum Gasteiger partial charge on any atom is 0.573 e. The molecule has 0 aliphatic heterocycles. The third-order valence-electron chi connectivity index (χ3n) is 1.25. The van der Waals surface area contributed by atoms with Gasteiger partial charge in [-0.25, -0.2) is 5.26 Å². The molecule has 0 amide bonds. The molecule has 1 aromatic rings. The highest BCUT2D eigenvalue weighted by Gasteiger charge is 2.30. The Morgan fingerprint density at radius 3 is 2.00 bits per heavy atom. The van der Waals surface area contributed by atoms with Crippen molar-refractivity contribution in [2.75, 3.05) is 5.43 Å². The molecule has 0 aliphatic rings. The number of nitrogens with one attached hydrogen (secondary N) is 1. The van der Waals surface area contributed by atoms with E-state index in [2.05, 4.69) is 16.7 Å². The molecule has 7 heteroatoms. The van der Waals surface area contributed by atoms with Gasteiger partial charge in [0.25, 0.3) is 0 Å². The van der Waals surface area contributed by atoms with Gasteiger partial charge in [0.15, 0.2) is 0 Å². The molecule has 0 saturated carbocycles. The van der Waals surface area contributed by atoms with Gasteiger partial charge in [0.05, 0.1) is 0 Å². The summed E-state index contributed by atoms with van der Waals surface area (Å²) in [7, 11) is 0.